The number of nitrogens with zero attached hydrogens (tertiary/aromatic N) is 3. The largest absolute Gasteiger partial charge is 0.434 e. The Bertz CT molecular complexity index is 1380. The lowest BCUT2D eigenvalue weighted by atomic mass is 9.97. The van der Waals surface area contributed by atoms with Crippen LogP contribution in [0.1, 0.15) is 62.8 Å². The Morgan fingerprint density at radius 1 is 1.34 bits per heavy atom. The van der Waals surface area contributed by atoms with Gasteiger partial charge in [-0.05, 0) is 36.8 Å². The molecule has 0 radical (unpaired) electrons. The third-order valence-electron chi connectivity index (χ3n) is 5.84. The van der Waals surface area contributed by atoms with E-state index in [0.717, 1.165) is 4.90 Å². The Kier molecular flexibility index (Phi) is 4.24. The number of imidazole rings is 1. The number of unbranched alkanes of at least 4 members (excludes halogenated alkanes) is 1. The van der Waals surface area contributed by atoms with Gasteiger partial charge in [0.15, 0.2) is 0 Å². The maximum Gasteiger partial charge on any atom is 0.387 e. The quantitative estimate of drug-likeness (QED) is 0.494. The van der Waals surface area contributed by atoms with Gasteiger partial charge in [0.05, 0.1) is 23.1 Å². The van der Waals surface area contributed by atoms with Gasteiger partial charge < -0.3 is 19.3 Å². The summed E-state index contributed by atoms with van der Waals surface area (Å²) in [6.07, 6.45) is 1.25. The molecule has 0 aliphatic carbocycles. The molecule has 8 heteroatoms. The summed E-state index contributed by atoms with van der Waals surface area (Å²) in [7, 11) is 0. The van der Waals surface area contributed by atoms with Crippen molar-refractivity contribution in [3.8, 4) is 17.6 Å². The van der Waals surface area contributed by atoms with Crippen molar-refractivity contribution in [2.45, 2.75) is 38.0 Å². The average Bonchev–Trinajstić information content (AvgIpc) is 3.28. The summed E-state index contributed by atoms with van der Waals surface area (Å²) in [5.74, 6) is 5.46. The number of hydrogen-bond donors (Lipinski definition) is 1. The van der Waals surface area contributed by atoms with E-state index in [4.69, 9.17) is 14.0 Å². The molecule has 0 saturated carbocycles. The molecule has 5 rings (SSSR count). The molecule has 0 saturated heterocycles. The van der Waals surface area contributed by atoms with Gasteiger partial charge in [-0.2, -0.15) is 8.78 Å². The second kappa shape index (κ2) is 7.92. The summed E-state index contributed by atoms with van der Waals surface area (Å²) in [5, 5.41) is 8.94. The highest BCUT2D eigenvalue weighted by Gasteiger charge is 2.44. The smallest absolute Gasteiger partial charge is 0.387 e. The minimum Gasteiger partial charge on any atom is -0.434 e. The van der Waals surface area contributed by atoms with E-state index < -0.39 is 31.6 Å². The Balaban J connectivity index is 1.73. The lowest BCUT2D eigenvalue weighted by molar-refractivity contribution is -0.0507. The van der Waals surface area contributed by atoms with Crippen molar-refractivity contribution in [2.75, 3.05) is 13.6 Å². The number of benzene rings is 2. The first-order valence-electron chi connectivity index (χ1n) is 11.7. The molecule has 3 heterocycles. The molecule has 2 aliphatic heterocycles. The molecule has 1 N–H and O–H groups in total. The molecule has 1 aromatic heterocycles. The molecule has 3 aromatic rings. The fraction of sp³-hybridized carbons (Fsp3) is 0.333. The summed E-state index contributed by atoms with van der Waals surface area (Å²) in [4.78, 5) is 18.9. The van der Waals surface area contributed by atoms with Crippen LogP contribution in [0.4, 0.5) is 8.78 Å². The van der Waals surface area contributed by atoms with Gasteiger partial charge in [0.25, 0.3) is 5.91 Å². The van der Waals surface area contributed by atoms with Crippen molar-refractivity contribution in [1.29, 1.82) is 0 Å². The van der Waals surface area contributed by atoms with Gasteiger partial charge in [0.2, 0.25) is 0 Å². The topological polar surface area (TPSA) is 67.6 Å². The molecule has 164 valence electrons. The van der Waals surface area contributed by atoms with Gasteiger partial charge in [0, 0.05) is 47.2 Å². The fourth-order valence-electron chi connectivity index (χ4n) is 4.52. The van der Waals surface area contributed by atoms with Crippen molar-refractivity contribution in [2.24, 2.45) is 0 Å². The molecule has 1 amide bonds. The third kappa shape index (κ3) is 3.21. The Morgan fingerprint density at radius 2 is 2.22 bits per heavy atom. The standard InChI is InChI=1S/C24H21F2N3O3/c1-28-19-13-18(21-15(23(28)31)7-5-8-20(21)32-24(25)26)29-17-12-14(6-3-2-4-11-30)9-10-16(17)27-22(19)29/h5,7-10,12,18-19,24,30H,2,4,11,13H2,1H3/t18-,19-/m1/s1/i1D3. The van der Waals surface area contributed by atoms with Crippen molar-refractivity contribution in [1.82, 2.24) is 14.5 Å². The first-order chi connectivity index (χ1) is 16.7. The highest BCUT2D eigenvalue weighted by atomic mass is 19.3. The maximum absolute atomic E-state index is 13.4. The number of amides is 1. The van der Waals surface area contributed by atoms with E-state index in [1.54, 1.807) is 16.7 Å². The number of aromatic nitrogens is 2. The van der Waals surface area contributed by atoms with Crippen LogP contribution in [0.5, 0.6) is 5.75 Å². The number of hydrogen-bond acceptors (Lipinski definition) is 4. The zero-order valence-corrected chi connectivity index (χ0v) is 16.9. The first-order valence-corrected chi connectivity index (χ1v) is 10.2. The van der Waals surface area contributed by atoms with Crippen LogP contribution in [0, 0.1) is 11.8 Å². The summed E-state index contributed by atoms with van der Waals surface area (Å²) in [5.41, 5.74) is 2.15. The number of ether oxygens (including phenoxy) is 1. The molecule has 0 spiro atoms. The van der Waals surface area contributed by atoms with Gasteiger partial charge in [0.1, 0.15) is 11.6 Å². The van der Waals surface area contributed by atoms with Gasteiger partial charge in [-0.15, -0.1) is 0 Å². The Labute approximate surface area is 187 Å². The Hall–Kier alpha value is -3.44. The van der Waals surface area contributed by atoms with Crippen LogP contribution in [0.25, 0.3) is 11.0 Å². The molecule has 0 unspecified atom stereocenters. The minimum atomic E-state index is -3.12. The second-order valence-electron chi connectivity index (χ2n) is 7.71. The number of carbonyl (C=O) groups is 1. The summed E-state index contributed by atoms with van der Waals surface area (Å²) in [6, 6.07) is 8.03. The number of carbonyl (C=O) groups excluding carboxylic acids is 1. The van der Waals surface area contributed by atoms with E-state index in [-0.39, 0.29) is 29.9 Å². The molecule has 6 nitrogen and oxygen atoms in total. The molecular formula is C24H21F2N3O3. The molecule has 2 atom stereocenters. The second-order valence-corrected chi connectivity index (χ2v) is 7.71. The van der Waals surface area contributed by atoms with Crippen LogP contribution in [0.15, 0.2) is 36.4 Å². The number of fused-ring (bicyclic) bond motifs is 9. The van der Waals surface area contributed by atoms with Crippen molar-refractivity contribution in [3.63, 3.8) is 0 Å². The van der Waals surface area contributed by atoms with Crippen LogP contribution < -0.4 is 4.74 Å². The molecule has 32 heavy (non-hydrogen) atoms. The fourth-order valence-corrected chi connectivity index (χ4v) is 4.52. The van der Waals surface area contributed by atoms with E-state index in [2.05, 4.69) is 16.8 Å². The highest BCUT2D eigenvalue weighted by Crippen LogP contribution is 2.49. The zero-order chi connectivity index (χ0) is 24.9. The number of aliphatic hydroxyl groups is 1. The lowest BCUT2D eigenvalue weighted by Gasteiger charge is -2.24. The van der Waals surface area contributed by atoms with Crippen LogP contribution in [0.2, 0.25) is 0 Å². The van der Waals surface area contributed by atoms with Crippen LogP contribution in [0.3, 0.4) is 0 Å². The molecule has 2 aromatic carbocycles. The van der Waals surface area contributed by atoms with Gasteiger partial charge in [-0.3, -0.25) is 4.79 Å². The number of halogens is 2. The van der Waals surface area contributed by atoms with Crippen LogP contribution in [-0.4, -0.2) is 45.7 Å². The van der Waals surface area contributed by atoms with Gasteiger partial charge in [-0.25, -0.2) is 4.98 Å². The van der Waals surface area contributed by atoms with Crippen LogP contribution >= 0.6 is 0 Å². The third-order valence-corrected chi connectivity index (χ3v) is 5.84. The van der Waals surface area contributed by atoms with E-state index in [1.807, 2.05) is 6.07 Å². The van der Waals surface area contributed by atoms with Crippen molar-refractivity contribution >= 4 is 16.9 Å². The summed E-state index contributed by atoms with van der Waals surface area (Å²) in [6.45, 7) is -5.84. The number of alkyl halides is 2. The monoisotopic (exact) mass is 440 g/mol. The zero-order valence-electron chi connectivity index (χ0n) is 19.9. The van der Waals surface area contributed by atoms with Crippen molar-refractivity contribution in [3.05, 3.63) is 58.9 Å². The van der Waals surface area contributed by atoms with E-state index in [1.165, 1.54) is 18.2 Å². The average molecular weight is 440 g/mol. The van der Waals surface area contributed by atoms with Crippen molar-refractivity contribution < 1.29 is 27.5 Å². The molecule has 0 fully saturated rings. The molecule has 2 aliphatic rings. The number of aliphatic hydroxyl groups excluding tert-OH is 1. The SMILES string of the molecule is [2H]C([2H])([2H])N1C(=O)c2cccc(OC(F)F)c2[C@H]2C[C@@H]1c1nc3ccc(C#CCCCO)cc3n12. The molecular weight excluding hydrogens is 416 g/mol. The normalized spacial score (nSPS) is 20.7. The Morgan fingerprint density at radius 3 is 3.00 bits per heavy atom. The predicted molar refractivity (Wildman–Crippen MR) is 114 cm³/mol. The van der Waals surface area contributed by atoms with E-state index in [9.17, 15) is 13.6 Å². The van der Waals surface area contributed by atoms with E-state index in [0.29, 0.717) is 35.3 Å². The highest BCUT2D eigenvalue weighted by molar-refractivity contribution is 5.97. The lowest BCUT2D eigenvalue weighted by Crippen LogP contribution is -2.30. The van der Waals surface area contributed by atoms with Crippen LogP contribution in [-0.2, 0) is 0 Å². The molecule has 2 bridgehead atoms. The van der Waals surface area contributed by atoms with Gasteiger partial charge in [-0.1, -0.05) is 17.9 Å². The maximum atomic E-state index is 13.4. The first kappa shape index (κ1) is 17.2. The number of rotatable bonds is 4. The minimum absolute atomic E-state index is 0.0132. The summed E-state index contributed by atoms with van der Waals surface area (Å²) < 4.78 is 57.2. The predicted octanol–water partition coefficient (Wildman–Crippen LogP) is 3.88. The van der Waals surface area contributed by atoms with Gasteiger partial charge >= 0.3 is 6.61 Å². The van der Waals surface area contributed by atoms with E-state index >= 15 is 0 Å². The summed E-state index contributed by atoms with van der Waals surface area (Å²) >= 11 is 0.